The van der Waals surface area contributed by atoms with E-state index < -0.39 is 0 Å². The molecule has 1 aliphatic heterocycles. The lowest BCUT2D eigenvalue weighted by Gasteiger charge is -2.31. The van der Waals surface area contributed by atoms with E-state index in [2.05, 4.69) is 10.5 Å². The molecule has 134 valence electrons. The lowest BCUT2D eigenvalue weighted by molar-refractivity contribution is -0.120. The molecule has 0 saturated carbocycles. The van der Waals surface area contributed by atoms with Crippen molar-refractivity contribution in [3.05, 3.63) is 41.2 Å². The average molecular weight is 345 g/mol. The van der Waals surface area contributed by atoms with E-state index in [1.54, 1.807) is 6.07 Å². The van der Waals surface area contributed by atoms with Crippen molar-refractivity contribution in [1.82, 2.24) is 15.4 Å². The zero-order valence-corrected chi connectivity index (χ0v) is 14.6. The maximum Gasteiger partial charge on any atom is 0.257 e. The lowest BCUT2D eigenvalue weighted by Crippen LogP contribution is -2.41. The molecule has 2 aromatic heterocycles. The molecule has 1 N–H and O–H groups in total. The highest BCUT2D eigenvalue weighted by molar-refractivity contribution is 5.93. The molecule has 0 radical (unpaired) electrons. The summed E-state index contributed by atoms with van der Waals surface area (Å²) in [6, 6.07) is 1.68. The van der Waals surface area contributed by atoms with Gasteiger partial charge in [0.2, 0.25) is 5.91 Å². The number of furan rings is 1. The molecule has 7 nitrogen and oxygen atoms in total. The zero-order valence-electron chi connectivity index (χ0n) is 14.6. The third-order valence-electron chi connectivity index (χ3n) is 4.78. The number of piperidine rings is 1. The first kappa shape index (κ1) is 17.3. The second-order valence-electron chi connectivity index (χ2n) is 6.53. The van der Waals surface area contributed by atoms with Gasteiger partial charge in [-0.25, -0.2) is 0 Å². The van der Waals surface area contributed by atoms with Gasteiger partial charge in [0, 0.05) is 25.2 Å². The molecule has 0 aromatic carbocycles. The van der Waals surface area contributed by atoms with Crippen molar-refractivity contribution in [2.24, 2.45) is 5.92 Å². The number of hydrogen-bond acceptors (Lipinski definition) is 5. The minimum Gasteiger partial charge on any atom is -0.472 e. The number of carbonyl (C=O) groups excluding carboxylic acids is 2. The van der Waals surface area contributed by atoms with E-state index in [9.17, 15) is 9.59 Å². The molecule has 3 rings (SSSR count). The van der Waals surface area contributed by atoms with Crippen LogP contribution in [0.4, 0.5) is 0 Å². The van der Waals surface area contributed by atoms with Crippen LogP contribution in [-0.2, 0) is 11.2 Å². The van der Waals surface area contributed by atoms with Crippen LogP contribution in [0.2, 0.25) is 0 Å². The van der Waals surface area contributed by atoms with Gasteiger partial charge in [-0.05, 0) is 38.7 Å². The van der Waals surface area contributed by atoms with Crippen molar-refractivity contribution in [1.29, 1.82) is 0 Å². The summed E-state index contributed by atoms with van der Waals surface area (Å²) in [6.07, 6.45) is 5.04. The standard InChI is InChI=1S/C18H23N3O4/c1-12-16(13(2)25-20-12)9-17(22)19-10-14-3-6-21(7-4-14)18(23)15-5-8-24-11-15/h5,8,11,14H,3-4,6-7,9-10H2,1-2H3,(H,19,22). The fraction of sp³-hybridized carbons (Fsp3) is 0.500. The van der Waals surface area contributed by atoms with E-state index >= 15 is 0 Å². The van der Waals surface area contributed by atoms with E-state index in [0.29, 0.717) is 43.3 Å². The lowest BCUT2D eigenvalue weighted by atomic mass is 9.96. The van der Waals surface area contributed by atoms with Gasteiger partial charge < -0.3 is 19.2 Å². The molecular formula is C18H23N3O4. The molecule has 0 spiro atoms. The summed E-state index contributed by atoms with van der Waals surface area (Å²) in [6.45, 7) is 5.69. The number of nitrogens with zero attached hydrogens (tertiary/aromatic N) is 2. The Hall–Kier alpha value is -2.57. The molecule has 0 atom stereocenters. The number of aryl methyl sites for hydroxylation is 2. The summed E-state index contributed by atoms with van der Waals surface area (Å²) in [4.78, 5) is 26.2. The van der Waals surface area contributed by atoms with Gasteiger partial charge in [0.1, 0.15) is 12.0 Å². The van der Waals surface area contributed by atoms with Crippen LogP contribution >= 0.6 is 0 Å². The van der Waals surface area contributed by atoms with Crippen molar-refractivity contribution < 1.29 is 18.5 Å². The largest absolute Gasteiger partial charge is 0.472 e. The molecule has 0 unspecified atom stereocenters. The van der Waals surface area contributed by atoms with E-state index in [0.717, 1.165) is 24.1 Å². The minimum atomic E-state index is -0.0219. The topological polar surface area (TPSA) is 88.6 Å². The van der Waals surface area contributed by atoms with Crippen LogP contribution in [0, 0.1) is 19.8 Å². The highest BCUT2D eigenvalue weighted by Crippen LogP contribution is 2.19. The van der Waals surface area contributed by atoms with Crippen LogP contribution < -0.4 is 5.32 Å². The summed E-state index contributed by atoms with van der Waals surface area (Å²) in [5, 5.41) is 6.86. The summed E-state index contributed by atoms with van der Waals surface area (Å²) in [5.74, 6) is 1.07. The van der Waals surface area contributed by atoms with Gasteiger partial charge in [0.25, 0.3) is 5.91 Å². The second kappa shape index (κ2) is 7.55. The molecule has 2 amide bonds. The van der Waals surface area contributed by atoms with Crippen LogP contribution in [0.25, 0.3) is 0 Å². The number of nitrogens with one attached hydrogen (secondary N) is 1. The van der Waals surface area contributed by atoms with E-state index in [1.807, 2.05) is 18.7 Å². The number of likely N-dealkylation sites (tertiary alicyclic amines) is 1. The van der Waals surface area contributed by atoms with Crippen LogP contribution in [0.1, 0.15) is 40.2 Å². The Balaban J connectivity index is 1.42. The third-order valence-corrected chi connectivity index (χ3v) is 4.78. The Kier molecular flexibility index (Phi) is 5.21. The summed E-state index contributed by atoms with van der Waals surface area (Å²) >= 11 is 0. The predicted molar refractivity (Wildman–Crippen MR) is 90.0 cm³/mol. The minimum absolute atomic E-state index is 0.00893. The summed E-state index contributed by atoms with van der Waals surface area (Å²) < 4.78 is 10.0. The Morgan fingerprint density at radius 3 is 2.68 bits per heavy atom. The normalized spacial score (nSPS) is 15.4. The van der Waals surface area contributed by atoms with Crippen molar-refractivity contribution in [2.45, 2.75) is 33.1 Å². The molecule has 0 bridgehead atoms. The van der Waals surface area contributed by atoms with Crippen LogP contribution in [-0.4, -0.2) is 41.5 Å². The number of hydrogen-bond donors (Lipinski definition) is 1. The van der Waals surface area contributed by atoms with E-state index in [4.69, 9.17) is 8.94 Å². The SMILES string of the molecule is Cc1noc(C)c1CC(=O)NCC1CCN(C(=O)c2ccoc2)CC1. The summed E-state index contributed by atoms with van der Waals surface area (Å²) in [7, 11) is 0. The fourth-order valence-corrected chi connectivity index (χ4v) is 3.14. The van der Waals surface area contributed by atoms with Crippen LogP contribution in [0.15, 0.2) is 27.5 Å². The third kappa shape index (κ3) is 4.10. The predicted octanol–water partition coefficient (Wildman–Crippen LogP) is 2.10. The molecule has 25 heavy (non-hydrogen) atoms. The Labute approximate surface area is 146 Å². The molecule has 3 heterocycles. The van der Waals surface area contributed by atoms with Gasteiger partial charge in [-0.2, -0.15) is 0 Å². The van der Waals surface area contributed by atoms with Crippen molar-refractivity contribution in [2.75, 3.05) is 19.6 Å². The first-order valence-electron chi connectivity index (χ1n) is 8.54. The monoisotopic (exact) mass is 345 g/mol. The zero-order chi connectivity index (χ0) is 17.8. The van der Waals surface area contributed by atoms with Crippen molar-refractivity contribution >= 4 is 11.8 Å². The molecule has 0 aliphatic carbocycles. The van der Waals surface area contributed by atoms with E-state index in [-0.39, 0.29) is 11.8 Å². The number of carbonyl (C=O) groups is 2. The van der Waals surface area contributed by atoms with Gasteiger partial charge in [-0.3, -0.25) is 9.59 Å². The van der Waals surface area contributed by atoms with Gasteiger partial charge in [0.05, 0.1) is 23.9 Å². The number of amides is 2. The van der Waals surface area contributed by atoms with Gasteiger partial charge >= 0.3 is 0 Å². The molecule has 2 aromatic rings. The molecule has 1 aliphatic rings. The highest BCUT2D eigenvalue weighted by atomic mass is 16.5. The average Bonchev–Trinajstić information content (AvgIpc) is 3.26. The number of aromatic nitrogens is 1. The van der Waals surface area contributed by atoms with Crippen molar-refractivity contribution in [3.63, 3.8) is 0 Å². The molecular weight excluding hydrogens is 322 g/mol. The maximum atomic E-state index is 12.3. The van der Waals surface area contributed by atoms with Gasteiger partial charge in [0.15, 0.2) is 0 Å². The van der Waals surface area contributed by atoms with E-state index in [1.165, 1.54) is 12.5 Å². The number of rotatable bonds is 5. The van der Waals surface area contributed by atoms with Gasteiger partial charge in [-0.15, -0.1) is 0 Å². The molecule has 1 saturated heterocycles. The van der Waals surface area contributed by atoms with Crippen LogP contribution in [0.3, 0.4) is 0 Å². The smallest absolute Gasteiger partial charge is 0.257 e. The Bertz CT molecular complexity index is 708. The van der Waals surface area contributed by atoms with Crippen molar-refractivity contribution in [3.8, 4) is 0 Å². The van der Waals surface area contributed by atoms with Crippen LogP contribution in [0.5, 0.6) is 0 Å². The quantitative estimate of drug-likeness (QED) is 0.896. The highest BCUT2D eigenvalue weighted by Gasteiger charge is 2.24. The maximum absolute atomic E-state index is 12.3. The molecule has 7 heteroatoms. The molecule has 1 fully saturated rings. The Morgan fingerprint density at radius 1 is 1.32 bits per heavy atom. The van der Waals surface area contributed by atoms with Gasteiger partial charge in [-0.1, -0.05) is 5.16 Å². The second-order valence-corrected chi connectivity index (χ2v) is 6.53. The first-order valence-corrected chi connectivity index (χ1v) is 8.54. The first-order chi connectivity index (χ1) is 12.0. The Morgan fingerprint density at radius 2 is 2.08 bits per heavy atom. The summed E-state index contributed by atoms with van der Waals surface area (Å²) in [5.41, 5.74) is 2.21. The fourth-order valence-electron chi connectivity index (χ4n) is 3.14.